The smallest absolute Gasteiger partial charge is 0.217 e. The fraction of sp³-hybridized carbons (Fsp3) is 0.360. The molecule has 178 valence electrons. The van der Waals surface area contributed by atoms with E-state index in [9.17, 15) is 9.59 Å². The molecule has 1 aliphatic rings. The van der Waals surface area contributed by atoms with Crippen LogP contribution in [0.5, 0.6) is 0 Å². The van der Waals surface area contributed by atoms with Crippen molar-refractivity contribution in [2.75, 3.05) is 11.9 Å². The van der Waals surface area contributed by atoms with Gasteiger partial charge in [0.1, 0.15) is 11.6 Å². The van der Waals surface area contributed by atoms with Crippen LogP contribution in [-0.4, -0.2) is 38.8 Å². The van der Waals surface area contributed by atoms with Crippen LogP contribution in [0.25, 0.3) is 0 Å². The molecule has 3 heterocycles. The summed E-state index contributed by atoms with van der Waals surface area (Å²) in [5.74, 6) is 0.957. The molecule has 4 rings (SSSR count). The van der Waals surface area contributed by atoms with Gasteiger partial charge in [-0.1, -0.05) is 43.8 Å². The molecule has 1 amide bonds. The lowest BCUT2D eigenvalue weighted by Gasteiger charge is -2.24. The van der Waals surface area contributed by atoms with E-state index in [-0.39, 0.29) is 22.9 Å². The van der Waals surface area contributed by atoms with Crippen molar-refractivity contribution < 1.29 is 14.0 Å². The Labute approximate surface area is 203 Å². The second-order valence-corrected chi connectivity index (χ2v) is 10.2. The van der Waals surface area contributed by atoms with E-state index >= 15 is 0 Å². The summed E-state index contributed by atoms with van der Waals surface area (Å²) in [7, 11) is 2.00. The molecular formula is C25H29N5O3S. The Bertz CT molecular complexity index is 1230. The molecule has 0 bridgehead atoms. The van der Waals surface area contributed by atoms with Gasteiger partial charge in [0.15, 0.2) is 10.9 Å². The van der Waals surface area contributed by atoms with Gasteiger partial charge in [0.05, 0.1) is 18.1 Å². The molecule has 1 aliphatic heterocycles. The number of anilines is 1. The summed E-state index contributed by atoms with van der Waals surface area (Å²) in [6.07, 6.45) is 3.89. The third kappa shape index (κ3) is 4.65. The average molecular weight is 480 g/mol. The Morgan fingerprint density at radius 3 is 2.65 bits per heavy atom. The van der Waals surface area contributed by atoms with Crippen LogP contribution in [0.3, 0.4) is 0 Å². The van der Waals surface area contributed by atoms with E-state index in [1.165, 1.54) is 17.3 Å². The lowest BCUT2D eigenvalue weighted by Crippen LogP contribution is -2.25. The number of ketones is 1. The molecule has 1 aromatic carbocycles. The summed E-state index contributed by atoms with van der Waals surface area (Å²) in [6, 6.07) is 11.9. The normalized spacial score (nSPS) is 16.6. The third-order valence-corrected chi connectivity index (χ3v) is 7.28. The number of carbonyl (C=O) groups is 2. The number of para-hydroxylation sites is 1. The third-order valence-electron chi connectivity index (χ3n) is 6.18. The lowest BCUT2D eigenvalue weighted by molar-refractivity contribution is -0.118. The number of furan rings is 1. The molecule has 34 heavy (non-hydrogen) atoms. The Kier molecular flexibility index (Phi) is 6.65. The van der Waals surface area contributed by atoms with Crippen LogP contribution in [0.2, 0.25) is 0 Å². The van der Waals surface area contributed by atoms with Crippen molar-refractivity contribution in [3.05, 3.63) is 71.6 Å². The van der Waals surface area contributed by atoms with E-state index in [0.29, 0.717) is 23.9 Å². The summed E-state index contributed by atoms with van der Waals surface area (Å²) in [5.41, 5.74) is 8.33. The second kappa shape index (κ2) is 9.50. The van der Waals surface area contributed by atoms with Crippen LogP contribution in [0.15, 0.2) is 64.0 Å². The van der Waals surface area contributed by atoms with E-state index in [1.54, 1.807) is 12.3 Å². The van der Waals surface area contributed by atoms with E-state index in [0.717, 1.165) is 17.1 Å². The largest absolute Gasteiger partial charge is 0.467 e. The molecule has 2 aromatic heterocycles. The van der Waals surface area contributed by atoms with Gasteiger partial charge < -0.3 is 15.1 Å². The zero-order valence-electron chi connectivity index (χ0n) is 19.8. The maximum absolute atomic E-state index is 13.3. The Hall–Kier alpha value is -3.33. The minimum absolute atomic E-state index is 0.000958. The van der Waals surface area contributed by atoms with Gasteiger partial charge in [0, 0.05) is 42.8 Å². The number of nitrogens with zero attached hydrogens (tertiary/aromatic N) is 4. The van der Waals surface area contributed by atoms with Crippen LogP contribution in [-0.2, 0) is 28.0 Å². The molecule has 0 spiro atoms. The maximum atomic E-state index is 13.3. The number of thioether (sulfide) groups is 1. The first kappa shape index (κ1) is 23.8. The predicted molar refractivity (Wildman–Crippen MR) is 132 cm³/mol. The molecule has 0 radical (unpaired) electrons. The predicted octanol–water partition coefficient (Wildman–Crippen LogP) is 3.70. The van der Waals surface area contributed by atoms with Crippen molar-refractivity contribution in [1.29, 1.82) is 0 Å². The number of hydrogen-bond acceptors (Lipinski definition) is 7. The molecular weight excluding hydrogens is 450 g/mol. The van der Waals surface area contributed by atoms with Gasteiger partial charge in [-0.3, -0.25) is 14.2 Å². The second-order valence-electron chi connectivity index (χ2n) is 8.92. The van der Waals surface area contributed by atoms with Gasteiger partial charge in [0.2, 0.25) is 5.91 Å². The summed E-state index contributed by atoms with van der Waals surface area (Å²) >= 11 is 1.34. The van der Waals surface area contributed by atoms with Crippen LogP contribution in [0.4, 0.5) is 5.69 Å². The number of fused-ring (bicyclic) bond motifs is 1. The number of likely N-dealkylation sites (N-methyl/N-ethyl adjacent to an activating group) is 1. The Morgan fingerprint density at radius 1 is 1.21 bits per heavy atom. The van der Waals surface area contributed by atoms with Gasteiger partial charge in [0.25, 0.3) is 0 Å². The highest BCUT2D eigenvalue weighted by Crippen LogP contribution is 2.46. The zero-order valence-corrected chi connectivity index (χ0v) is 20.6. The molecule has 2 N–H and O–H groups in total. The van der Waals surface area contributed by atoms with E-state index in [4.69, 9.17) is 10.2 Å². The minimum atomic E-state index is -0.402. The van der Waals surface area contributed by atoms with Gasteiger partial charge in [-0.25, -0.2) is 0 Å². The number of hydrogen-bond donors (Lipinski definition) is 1. The van der Waals surface area contributed by atoms with Gasteiger partial charge in [-0.2, -0.15) is 0 Å². The topological polar surface area (TPSA) is 107 Å². The van der Waals surface area contributed by atoms with Crippen LogP contribution >= 0.6 is 11.8 Å². The van der Waals surface area contributed by atoms with E-state index < -0.39 is 5.91 Å². The molecule has 0 fully saturated rings. The van der Waals surface area contributed by atoms with Crippen LogP contribution < -0.4 is 10.6 Å². The number of nitrogens with two attached hydrogens (primary N) is 1. The van der Waals surface area contributed by atoms with Crippen molar-refractivity contribution in [2.45, 2.75) is 56.0 Å². The molecule has 0 aliphatic carbocycles. The van der Waals surface area contributed by atoms with Gasteiger partial charge in [-0.15, -0.1) is 10.2 Å². The fourth-order valence-corrected chi connectivity index (χ4v) is 5.16. The van der Waals surface area contributed by atoms with Crippen molar-refractivity contribution >= 4 is 29.1 Å². The highest BCUT2D eigenvalue weighted by atomic mass is 32.2. The van der Waals surface area contributed by atoms with E-state index in [2.05, 4.69) is 41.1 Å². The molecule has 3 aromatic rings. The quantitative estimate of drug-likeness (QED) is 0.368. The first-order valence-corrected chi connectivity index (χ1v) is 12.0. The number of benzene rings is 1. The van der Waals surface area contributed by atoms with Crippen LogP contribution in [0, 0.1) is 0 Å². The number of primary amides is 1. The van der Waals surface area contributed by atoms with Crippen molar-refractivity contribution in [3.8, 4) is 0 Å². The molecule has 8 nitrogen and oxygen atoms in total. The number of aromatic nitrogens is 3. The number of carbonyl (C=O) groups excluding carboxylic acids is 2. The average Bonchev–Trinajstić information content (AvgIpc) is 3.49. The van der Waals surface area contributed by atoms with Crippen molar-refractivity contribution in [2.24, 2.45) is 5.73 Å². The first-order chi connectivity index (χ1) is 16.2. The van der Waals surface area contributed by atoms with Gasteiger partial charge in [-0.05, 0) is 30.7 Å². The monoisotopic (exact) mass is 479 g/mol. The maximum Gasteiger partial charge on any atom is 0.217 e. The number of allylic oxidation sites excluding steroid dienone is 2. The zero-order chi connectivity index (χ0) is 24.5. The highest BCUT2D eigenvalue weighted by molar-refractivity contribution is 8.00. The Balaban J connectivity index is 1.56. The molecule has 0 saturated carbocycles. The standard InChI is InChI=1S/C25H29N5O3S/c1-16(20(31)14-21-25(2,3)18-9-5-6-10-19(18)29(21)4)34-24-28-27-23(12-11-22(26)32)30(24)15-17-8-7-13-33-17/h5-10,13-14,16H,11-12,15H2,1-4H3,(H2,26,32)/b21-14+. The van der Waals surface area contributed by atoms with Gasteiger partial charge >= 0.3 is 0 Å². The summed E-state index contributed by atoms with van der Waals surface area (Å²) in [5, 5.41) is 8.77. The first-order valence-electron chi connectivity index (χ1n) is 11.2. The lowest BCUT2D eigenvalue weighted by atomic mass is 9.83. The van der Waals surface area contributed by atoms with Crippen molar-refractivity contribution in [3.63, 3.8) is 0 Å². The highest BCUT2D eigenvalue weighted by Gasteiger charge is 2.39. The molecule has 0 saturated heterocycles. The minimum Gasteiger partial charge on any atom is -0.467 e. The fourth-order valence-electron chi connectivity index (χ4n) is 4.27. The summed E-state index contributed by atoms with van der Waals surface area (Å²) < 4.78 is 7.37. The summed E-state index contributed by atoms with van der Waals surface area (Å²) in [6.45, 7) is 6.55. The SMILES string of the molecule is CC(Sc1nnc(CCC(N)=O)n1Cc1ccco1)C(=O)/C=C1/N(C)c2ccccc2C1(C)C. The number of amides is 1. The van der Waals surface area contributed by atoms with E-state index in [1.807, 2.05) is 42.8 Å². The Morgan fingerprint density at radius 2 is 1.97 bits per heavy atom. The van der Waals surface area contributed by atoms with Crippen LogP contribution in [0.1, 0.15) is 44.3 Å². The number of rotatable bonds is 9. The van der Waals surface area contributed by atoms with Crippen molar-refractivity contribution in [1.82, 2.24) is 14.8 Å². The summed E-state index contributed by atoms with van der Waals surface area (Å²) in [4.78, 5) is 26.7. The molecule has 1 atom stereocenters. The molecule has 1 unspecified atom stereocenters. The molecule has 9 heteroatoms. The number of aryl methyl sites for hydroxylation is 1.